The van der Waals surface area contributed by atoms with Crippen molar-refractivity contribution in [1.29, 1.82) is 0 Å². The number of anilines is 2. The first kappa shape index (κ1) is 15.7. The summed E-state index contributed by atoms with van der Waals surface area (Å²) in [6.45, 7) is 0.771. The zero-order chi connectivity index (χ0) is 16.9. The van der Waals surface area contributed by atoms with Gasteiger partial charge in [0.15, 0.2) is 11.5 Å². The fourth-order valence-corrected chi connectivity index (χ4v) is 2.42. The molecule has 2 aromatic heterocycles. The predicted molar refractivity (Wildman–Crippen MR) is 92.5 cm³/mol. The number of fused-ring (bicyclic) bond motifs is 1. The molecule has 3 rings (SSSR count). The maximum atomic E-state index is 12.1. The zero-order valence-corrected chi connectivity index (χ0v) is 13.4. The average molecular weight is 325 g/mol. The summed E-state index contributed by atoms with van der Waals surface area (Å²) in [6.07, 6.45) is 3.76. The van der Waals surface area contributed by atoms with Crippen molar-refractivity contribution in [2.75, 3.05) is 30.8 Å². The number of imidazole rings is 1. The Morgan fingerprint density at radius 1 is 1.25 bits per heavy atom. The van der Waals surface area contributed by atoms with Crippen LogP contribution in [-0.2, 0) is 11.2 Å². The molecule has 0 spiro atoms. The second-order valence-electron chi connectivity index (χ2n) is 5.50. The Kier molecular flexibility index (Phi) is 4.55. The van der Waals surface area contributed by atoms with E-state index < -0.39 is 0 Å². The van der Waals surface area contributed by atoms with Gasteiger partial charge in [-0.15, -0.1) is 0 Å². The number of carbonyl (C=O) groups is 1. The Morgan fingerprint density at radius 3 is 2.83 bits per heavy atom. The molecule has 0 saturated carbocycles. The van der Waals surface area contributed by atoms with E-state index in [0.717, 1.165) is 23.2 Å². The molecule has 0 atom stereocenters. The minimum Gasteiger partial charge on any atom is -0.399 e. The Bertz CT molecular complexity index is 828. The van der Waals surface area contributed by atoms with Gasteiger partial charge in [0.1, 0.15) is 11.8 Å². The molecule has 3 aromatic rings. The summed E-state index contributed by atoms with van der Waals surface area (Å²) in [6, 6.07) is 7.64. The van der Waals surface area contributed by atoms with E-state index in [2.05, 4.69) is 25.3 Å². The van der Waals surface area contributed by atoms with Crippen LogP contribution < -0.4 is 16.0 Å². The molecule has 0 aliphatic heterocycles. The number of aromatic amines is 1. The Balaban J connectivity index is 1.53. The van der Waals surface area contributed by atoms with E-state index in [1.807, 2.05) is 31.3 Å². The summed E-state index contributed by atoms with van der Waals surface area (Å²) in [5, 5.41) is 2.91. The standard InChI is InChI=1S/C16H19N7O/c1-23(16-14-15(20-9-19-14)21-10-22-16)8-13(24)18-7-6-11-2-4-12(17)5-3-11/h2-5,9-10H,6-8,17H2,1H3,(H,18,24)(H,19,20,21,22). The van der Waals surface area contributed by atoms with E-state index in [4.69, 9.17) is 5.73 Å². The summed E-state index contributed by atoms with van der Waals surface area (Å²) in [5.74, 6) is 0.574. The number of hydrogen-bond donors (Lipinski definition) is 3. The number of likely N-dealkylation sites (N-methyl/N-ethyl adjacent to an activating group) is 1. The first-order chi connectivity index (χ1) is 11.6. The highest BCUT2D eigenvalue weighted by Crippen LogP contribution is 2.17. The van der Waals surface area contributed by atoms with Gasteiger partial charge in [-0.05, 0) is 24.1 Å². The summed E-state index contributed by atoms with van der Waals surface area (Å²) < 4.78 is 0. The van der Waals surface area contributed by atoms with Crippen molar-refractivity contribution < 1.29 is 4.79 Å². The largest absolute Gasteiger partial charge is 0.399 e. The highest BCUT2D eigenvalue weighted by Gasteiger charge is 2.13. The third kappa shape index (κ3) is 3.60. The van der Waals surface area contributed by atoms with E-state index in [-0.39, 0.29) is 12.5 Å². The lowest BCUT2D eigenvalue weighted by atomic mass is 10.1. The van der Waals surface area contributed by atoms with Crippen LogP contribution in [0.15, 0.2) is 36.9 Å². The van der Waals surface area contributed by atoms with Gasteiger partial charge >= 0.3 is 0 Å². The van der Waals surface area contributed by atoms with E-state index in [1.165, 1.54) is 6.33 Å². The molecule has 0 aliphatic rings. The van der Waals surface area contributed by atoms with Crippen molar-refractivity contribution in [3.8, 4) is 0 Å². The Labute approximate surface area is 139 Å². The van der Waals surface area contributed by atoms with E-state index in [1.54, 1.807) is 11.2 Å². The first-order valence-corrected chi connectivity index (χ1v) is 7.60. The summed E-state index contributed by atoms with van der Waals surface area (Å²) in [4.78, 5) is 29.2. The number of rotatable bonds is 6. The van der Waals surface area contributed by atoms with Crippen molar-refractivity contribution >= 4 is 28.6 Å². The molecule has 8 nitrogen and oxygen atoms in total. The molecule has 0 fully saturated rings. The van der Waals surface area contributed by atoms with Gasteiger partial charge in [0.2, 0.25) is 5.91 Å². The van der Waals surface area contributed by atoms with Crippen LogP contribution in [0, 0.1) is 0 Å². The number of nitrogen functional groups attached to an aromatic ring is 1. The van der Waals surface area contributed by atoms with E-state index >= 15 is 0 Å². The summed E-state index contributed by atoms with van der Waals surface area (Å²) in [5.41, 5.74) is 8.82. The van der Waals surface area contributed by atoms with Gasteiger partial charge in [-0.1, -0.05) is 12.1 Å². The van der Waals surface area contributed by atoms with Crippen LogP contribution in [0.5, 0.6) is 0 Å². The molecule has 0 unspecified atom stereocenters. The number of nitrogens with two attached hydrogens (primary N) is 1. The predicted octanol–water partition coefficient (Wildman–Crippen LogP) is 0.730. The molecule has 124 valence electrons. The van der Waals surface area contributed by atoms with Gasteiger partial charge in [-0.3, -0.25) is 4.79 Å². The smallest absolute Gasteiger partial charge is 0.239 e. The molecule has 0 saturated heterocycles. The van der Waals surface area contributed by atoms with Crippen LogP contribution in [0.2, 0.25) is 0 Å². The fraction of sp³-hybridized carbons (Fsp3) is 0.250. The molecule has 1 aromatic carbocycles. The SMILES string of the molecule is CN(CC(=O)NCCc1ccc(N)cc1)c1ncnc2nc[nH]c12. The number of aromatic nitrogens is 4. The summed E-state index contributed by atoms with van der Waals surface area (Å²) >= 11 is 0. The molecule has 0 aliphatic carbocycles. The highest BCUT2D eigenvalue weighted by atomic mass is 16.2. The third-order valence-electron chi connectivity index (χ3n) is 3.66. The molecule has 24 heavy (non-hydrogen) atoms. The van der Waals surface area contributed by atoms with Crippen LogP contribution >= 0.6 is 0 Å². The van der Waals surface area contributed by atoms with Crippen molar-refractivity contribution in [2.45, 2.75) is 6.42 Å². The molecule has 0 radical (unpaired) electrons. The lowest BCUT2D eigenvalue weighted by Gasteiger charge is -2.17. The van der Waals surface area contributed by atoms with Gasteiger partial charge in [0, 0.05) is 19.3 Å². The molecular weight excluding hydrogens is 306 g/mol. The number of benzene rings is 1. The summed E-state index contributed by atoms with van der Waals surface area (Å²) in [7, 11) is 1.81. The van der Waals surface area contributed by atoms with Crippen LogP contribution in [-0.4, -0.2) is 46.0 Å². The first-order valence-electron chi connectivity index (χ1n) is 7.60. The molecule has 1 amide bonds. The van der Waals surface area contributed by atoms with E-state index in [9.17, 15) is 4.79 Å². The number of nitrogens with one attached hydrogen (secondary N) is 2. The molecule has 8 heteroatoms. The van der Waals surface area contributed by atoms with Crippen molar-refractivity contribution in [1.82, 2.24) is 25.3 Å². The van der Waals surface area contributed by atoms with Gasteiger partial charge in [0.25, 0.3) is 0 Å². The second-order valence-corrected chi connectivity index (χ2v) is 5.50. The van der Waals surface area contributed by atoms with Gasteiger partial charge in [-0.25, -0.2) is 15.0 Å². The topological polar surface area (TPSA) is 113 Å². The van der Waals surface area contributed by atoms with Crippen LogP contribution in [0.3, 0.4) is 0 Å². The second kappa shape index (κ2) is 6.95. The molecule has 0 bridgehead atoms. The lowest BCUT2D eigenvalue weighted by molar-refractivity contribution is -0.119. The lowest BCUT2D eigenvalue weighted by Crippen LogP contribution is -2.36. The number of nitrogens with zero attached hydrogens (tertiary/aromatic N) is 4. The Hall–Kier alpha value is -3.16. The quantitative estimate of drug-likeness (QED) is 0.576. The van der Waals surface area contributed by atoms with Gasteiger partial charge < -0.3 is 20.9 Å². The average Bonchev–Trinajstić information content (AvgIpc) is 3.05. The van der Waals surface area contributed by atoms with Crippen molar-refractivity contribution in [2.24, 2.45) is 0 Å². The minimum absolute atomic E-state index is 0.0702. The maximum absolute atomic E-state index is 12.1. The van der Waals surface area contributed by atoms with Crippen LogP contribution in [0.4, 0.5) is 11.5 Å². The maximum Gasteiger partial charge on any atom is 0.239 e. The minimum atomic E-state index is -0.0702. The van der Waals surface area contributed by atoms with Gasteiger partial charge in [0.05, 0.1) is 12.9 Å². The van der Waals surface area contributed by atoms with Crippen LogP contribution in [0.1, 0.15) is 5.56 Å². The number of amides is 1. The van der Waals surface area contributed by atoms with Crippen molar-refractivity contribution in [3.05, 3.63) is 42.5 Å². The number of H-pyrrole nitrogens is 1. The number of hydrogen-bond acceptors (Lipinski definition) is 6. The third-order valence-corrected chi connectivity index (χ3v) is 3.66. The van der Waals surface area contributed by atoms with Crippen LogP contribution in [0.25, 0.3) is 11.2 Å². The molecular formula is C16H19N7O. The Morgan fingerprint density at radius 2 is 2.04 bits per heavy atom. The highest BCUT2D eigenvalue weighted by molar-refractivity contribution is 5.86. The monoisotopic (exact) mass is 325 g/mol. The molecule has 4 N–H and O–H groups in total. The zero-order valence-electron chi connectivity index (χ0n) is 13.4. The number of carbonyl (C=O) groups excluding carboxylic acids is 1. The van der Waals surface area contributed by atoms with Gasteiger partial charge in [-0.2, -0.15) is 0 Å². The van der Waals surface area contributed by atoms with E-state index in [0.29, 0.717) is 18.0 Å². The van der Waals surface area contributed by atoms with Crippen molar-refractivity contribution in [3.63, 3.8) is 0 Å². The molecule has 2 heterocycles. The normalized spacial score (nSPS) is 10.7. The fourth-order valence-electron chi connectivity index (χ4n) is 2.42.